The topological polar surface area (TPSA) is 158 Å². The van der Waals surface area contributed by atoms with E-state index in [-0.39, 0.29) is 6.61 Å². The summed E-state index contributed by atoms with van der Waals surface area (Å²) in [5.74, 6) is -1.35. The van der Waals surface area contributed by atoms with Gasteiger partial charge in [-0.05, 0) is 12.8 Å². The van der Waals surface area contributed by atoms with Gasteiger partial charge in [0, 0.05) is 19.4 Å². The van der Waals surface area contributed by atoms with Gasteiger partial charge in [-0.1, -0.05) is 0 Å². The van der Waals surface area contributed by atoms with Crippen LogP contribution in [0.2, 0.25) is 0 Å². The molecule has 10 atom stereocenters. The molecule has 0 spiro atoms. The first-order valence-corrected chi connectivity index (χ1v) is 9.34. The number of rotatable bonds is 3. The zero-order chi connectivity index (χ0) is 19.7. The summed E-state index contributed by atoms with van der Waals surface area (Å²) in [4.78, 5) is 11.7. The summed E-state index contributed by atoms with van der Waals surface area (Å²) in [6.07, 6.45) is -7.26. The van der Waals surface area contributed by atoms with Crippen LogP contribution in [0.15, 0.2) is 0 Å². The van der Waals surface area contributed by atoms with Gasteiger partial charge in [-0.3, -0.25) is 4.79 Å². The standard InChI is InChI=1S/C17H29NO9/c1-7(21)18-12-15(24)17-11-9(5-19)26-8(13(22)14(11)23)3-2-4-25-16(12)10(6-20)27-17/h8-17,19-20,22-24H,2-6H2,1H3,(H,18,21)/t8?,9-,10-,11-,12+,13+,14+,15+,16-,17?/m1/s1. The second-order valence-electron chi connectivity index (χ2n) is 7.47. The van der Waals surface area contributed by atoms with Crippen molar-refractivity contribution in [2.45, 2.75) is 74.6 Å². The molecule has 0 aromatic carbocycles. The number of nitrogens with one attached hydrogen (secondary N) is 1. The monoisotopic (exact) mass is 391 g/mol. The molecule has 0 aromatic heterocycles. The lowest BCUT2D eigenvalue weighted by Gasteiger charge is -2.52. The van der Waals surface area contributed by atoms with Gasteiger partial charge in [-0.25, -0.2) is 0 Å². The van der Waals surface area contributed by atoms with E-state index in [0.717, 1.165) is 0 Å². The Bertz CT molecular complexity index is 519. The van der Waals surface area contributed by atoms with Crippen LogP contribution in [0.5, 0.6) is 0 Å². The molecule has 6 heterocycles. The second kappa shape index (κ2) is 8.66. The highest BCUT2D eigenvalue weighted by Gasteiger charge is 2.55. The number of carbonyl (C=O) groups is 1. The third kappa shape index (κ3) is 3.99. The summed E-state index contributed by atoms with van der Waals surface area (Å²) in [7, 11) is 0. The summed E-state index contributed by atoms with van der Waals surface area (Å²) >= 11 is 0. The molecule has 6 fully saturated rings. The maximum Gasteiger partial charge on any atom is 0.217 e. The molecule has 0 radical (unpaired) electrons. The third-order valence-corrected chi connectivity index (χ3v) is 5.71. The van der Waals surface area contributed by atoms with Crippen molar-refractivity contribution in [3.05, 3.63) is 0 Å². The molecule has 6 saturated heterocycles. The minimum Gasteiger partial charge on any atom is -0.394 e. The summed E-state index contributed by atoms with van der Waals surface area (Å²) in [6, 6.07) is -0.890. The van der Waals surface area contributed by atoms with Crippen LogP contribution in [0.25, 0.3) is 0 Å². The summed E-state index contributed by atoms with van der Waals surface area (Å²) in [6.45, 7) is 0.650. The molecule has 1 amide bonds. The van der Waals surface area contributed by atoms with Crippen LogP contribution in [-0.2, 0) is 19.0 Å². The van der Waals surface area contributed by atoms with E-state index in [9.17, 15) is 30.3 Å². The Hall–Kier alpha value is -0.850. The molecule has 0 saturated carbocycles. The molecule has 2 unspecified atom stereocenters. The summed E-state index contributed by atoms with van der Waals surface area (Å²) in [5.41, 5.74) is 0. The number of aliphatic hydroxyl groups excluding tert-OH is 5. The molecule has 0 aromatic rings. The van der Waals surface area contributed by atoms with E-state index in [1.54, 1.807) is 0 Å². The Morgan fingerprint density at radius 2 is 1.70 bits per heavy atom. The molecule has 6 rings (SSSR count). The van der Waals surface area contributed by atoms with Gasteiger partial charge in [0.05, 0.1) is 43.7 Å². The molecule has 156 valence electrons. The van der Waals surface area contributed by atoms with Gasteiger partial charge >= 0.3 is 0 Å². The highest BCUT2D eigenvalue weighted by Crippen LogP contribution is 2.38. The number of hydrogen-bond acceptors (Lipinski definition) is 9. The van der Waals surface area contributed by atoms with Crippen molar-refractivity contribution < 1.29 is 44.5 Å². The predicted molar refractivity (Wildman–Crippen MR) is 89.6 cm³/mol. The average Bonchev–Trinajstić information content (AvgIpc) is 2.63. The van der Waals surface area contributed by atoms with E-state index in [1.165, 1.54) is 6.92 Å². The Morgan fingerprint density at radius 1 is 1.00 bits per heavy atom. The highest BCUT2D eigenvalue weighted by molar-refractivity contribution is 5.73. The molecular formula is C17H29NO9. The van der Waals surface area contributed by atoms with Crippen molar-refractivity contribution >= 4 is 5.91 Å². The molecular weight excluding hydrogens is 362 g/mol. The molecule has 0 aliphatic carbocycles. The Kier molecular flexibility index (Phi) is 6.70. The SMILES string of the molecule is CC(=O)N[C@@H]1[C@@H]2OCCCC3O[C@H](CO)[C@@H](C(O[C@@H]2CO)[C@H]1O)[C@H](O)[C@H]3O. The molecule has 10 nitrogen and oxygen atoms in total. The van der Waals surface area contributed by atoms with Crippen molar-refractivity contribution in [2.24, 2.45) is 5.92 Å². The van der Waals surface area contributed by atoms with Crippen LogP contribution >= 0.6 is 0 Å². The highest BCUT2D eigenvalue weighted by atomic mass is 16.6. The van der Waals surface area contributed by atoms with Crippen molar-refractivity contribution in [3.63, 3.8) is 0 Å². The van der Waals surface area contributed by atoms with Gasteiger partial charge in [-0.2, -0.15) is 0 Å². The number of hydrogen-bond donors (Lipinski definition) is 6. The molecule has 10 heteroatoms. The number of carbonyl (C=O) groups excluding carboxylic acids is 1. The first-order valence-electron chi connectivity index (χ1n) is 9.34. The number of ether oxygens (including phenoxy) is 3. The summed E-state index contributed by atoms with van der Waals surface area (Å²) < 4.78 is 17.4. The Morgan fingerprint density at radius 3 is 2.33 bits per heavy atom. The van der Waals surface area contributed by atoms with Gasteiger partial charge in [0.1, 0.15) is 24.4 Å². The van der Waals surface area contributed by atoms with Crippen molar-refractivity contribution in [3.8, 4) is 0 Å². The number of amides is 1. The fourth-order valence-electron chi connectivity index (χ4n) is 4.44. The molecule has 4 bridgehead atoms. The lowest BCUT2D eigenvalue weighted by atomic mass is 9.76. The van der Waals surface area contributed by atoms with Crippen molar-refractivity contribution in [2.75, 3.05) is 19.8 Å². The fraction of sp³-hybridized carbons (Fsp3) is 0.941. The van der Waals surface area contributed by atoms with E-state index in [4.69, 9.17) is 14.2 Å². The first-order chi connectivity index (χ1) is 12.9. The second-order valence-corrected chi connectivity index (χ2v) is 7.47. The van der Waals surface area contributed by atoms with Gasteiger partial charge in [0.25, 0.3) is 0 Å². The van der Waals surface area contributed by atoms with Gasteiger partial charge in [-0.15, -0.1) is 0 Å². The zero-order valence-corrected chi connectivity index (χ0v) is 15.2. The molecule has 6 aliphatic rings. The Labute approximate surface area is 157 Å². The van der Waals surface area contributed by atoms with Crippen LogP contribution in [0.3, 0.4) is 0 Å². The largest absolute Gasteiger partial charge is 0.394 e. The normalized spacial score (nSPS) is 47.9. The lowest BCUT2D eigenvalue weighted by molar-refractivity contribution is -0.283. The quantitative estimate of drug-likeness (QED) is 0.293. The van der Waals surface area contributed by atoms with E-state index in [0.29, 0.717) is 12.8 Å². The average molecular weight is 391 g/mol. The Balaban J connectivity index is 2.00. The van der Waals surface area contributed by atoms with Crippen LogP contribution in [0, 0.1) is 5.92 Å². The minimum absolute atomic E-state index is 0.216. The molecule has 27 heavy (non-hydrogen) atoms. The molecule has 6 N–H and O–H groups in total. The first kappa shape index (κ1) is 20.9. The van der Waals surface area contributed by atoms with E-state index >= 15 is 0 Å². The maximum absolute atomic E-state index is 11.7. The van der Waals surface area contributed by atoms with E-state index in [2.05, 4.69) is 5.32 Å². The van der Waals surface area contributed by atoms with Gasteiger partial charge < -0.3 is 45.1 Å². The van der Waals surface area contributed by atoms with E-state index < -0.39 is 79.9 Å². The van der Waals surface area contributed by atoms with Crippen molar-refractivity contribution in [1.29, 1.82) is 0 Å². The maximum atomic E-state index is 11.7. The predicted octanol–water partition coefficient (Wildman–Crippen LogP) is -3.11. The lowest BCUT2D eigenvalue weighted by Crippen LogP contribution is -2.70. The van der Waals surface area contributed by atoms with Crippen LogP contribution in [-0.4, -0.2) is 106 Å². The summed E-state index contributed by atoms with van der Waals surface area (Å²) in [5, 5.41) is 54.3. The van der Waals surface area contributed by atoms with Crippen LogP contribution < -0.4 is 5.32 Å². The minimum atomic E-state index is -1.31. The fourth-order valence-corrected chi connectivity index (χ4v) is 4.44. The number of aliphatic hydroxyl groups is 5. The smallest absolute Gasteiger partial charge is 0.217 e. The van der Waals surface area contributed by atoms with Gasteiger partial charge in [0.2, 0.25) is 5.91 Å². The van der Waals surface area contributed by atoms with E-state index in [1.807, 2.05) is 0 Å². The molecule has 6 aliphatic heterocycles. The van der Waals surface area contributed by atoms with Crippen molar-refractivity contribution in [1.82, 2.24) is 5.32 Å². The van der Waals surface area contributed by atoms with Gasteiger partial charge in [0.15, 0.2) is 0 Å². The third-order valence-electron chi connectivity index (χ3n) is 5.71. The zero-order valence-electron chi connectivity index (χ0n) is 15.2. The van der Waals surface area contributed by atoms with Crippen LogP contribution in [0.4, 0.5) is 0 Å². The van der Waals surface area contributed by atoms with Crippen LogP contribution in [0.1, 0.15) is 19.8 Å².